The number of nitrogens with zero attached hydrogens (tertiary/aromatic N) is 1. The molecule has 1 fully saturated rings. The number of carboxylic acids is 1. The molecule has 0 aromatic heterocycles. The van der Waals surface area contributed by atoms with E-state index in [1.807, 2.05) is 0 Å². The maximum atomic E-state index is 12.0. The average molecular weight is 301 g/mol. The quantitative estimate of drug-likeness (QED) is 0.430. The molecule has 1 saturated heterocycles. The van der Waals surface area contributed by atoms with Crippen molar-refractivity contribution in [2.75, 3.05) is 13.1 Å². The Morgan fingerprint density at radius 2 is 2.05 bits per heavy atom. The molecule has 4 N–H and O–H groups in total. The number of aliphatic hydroxyl groups excluding tert-OH is 1. The lowest BCUT2D eigenvalue weighted by molar-refractivity contribution is -0.147. The summed E-state index contributed by atoms with van der Waals surface area (Å²) in [6, 6.07) is -0.634. The number of aliphatic hydroxyl groups is 1. The van der Waals surface area contributed by atoms with Crippen LogP contribution < -0.4 is 10.6 Å². The third kappa shape index (κ3) is 3.91. The Hall–Kier alpha value is -2.16. The molecule has 1 aliphatic rings. The standard InChI is InChI=1S/C12H19N3O6/c1-3-12(2)10(20)15(11(21)14-12)6-8(17)13-5-4-7(16)9(18)19/h7,16H,3-6H2,1-2H3,(H,13,17)(H,14,21)(H,18,19)/t7-,12?/m0/s1. The van der Waals surface area contributed by atoms with Gasteiger partial charge in [-0.25, -0.2) is 9.59 Å². The van der Waals surface area contributed by atoms with E-state index in [1.54, 1.807) is 13.8 Å². The number of carboxylic acid groups (broad SMARTS) is 1. The van der Waals surface area contributed by atoms with Crippen LogP contribution in [0.1, 0.15) is 26.7 Å². The predicted molar refractivity (Wildman–Crippen MR) is 70.2 cm³/mol. The van der Waals surface area contributed by atoms with Gasteiger partial charge in [-0.2, -0.15) is 0 Å². The highest BCUT2D eigenvalue weighted by Crippen LogP contribution is 2.20. The Bertz CT molecular complexity index is 466. The summed E-state index contributed by atoms with van der Waals surface area (Å²) in [5.41, 5.74) is -1.00. The highest BCUT2D eigenvalue weighted by Gasteiger charge is 2.46. The molecular weight excluding hydrogens is 282 g/mol. The van der Waals surface area contributed by atoms with Crippen LogP contribution in [0.5, 0.6) is 0 Å². The Labute approximate surface area is 121 Å². The minimum absolute atomic E-state index is 0.0685. The molecule has 1 heterocycles. The zero-order valence-corrected chi connectivity index (χ0v) is 11.9. The van der Waals surface area contributed by atoms with E-state index in [9.17, 15) is 19.2 Å². The van der Waals surface area contributed by atoms with Gasteiger partial charge in [0.2, 0.25) is 5.91 Å². The summed E-state index contributed by atoms with van der Waals surface area (Å²) in [5, 5.41) is 22.4. The van der Waals surface area contributed by atoms with Gasteiger partial charge < -0.3 is 20.8 Å². The molecular formula is C12H19N3O6. The van der Waals surface area contributed by atoms with E-state index in [4.69, 9.17) is 10.2 Å². The van der Waals surface area contributed by atoms with Gasteiger partial charge in [-0.3, -0.25) is 14.5 Å². The van der Waals surface area contributed by atoms with Gasteiger partial charge in [0.1, 0.15) is 12.1 Å². The zero-order valence-electron chi connectivity index (χ0n) is 11.9. The summed E-state index contributed by atoms with van der Waals surface area (Å²) in [4.78, 5) is 46.5. The van der Waals surface area contributed by atoms with Crippen LogP contribution in [-0.4, -0.2) is 63.7 Å². The number of imide groups is 1. The number of carbonyl (C=O) groups excluding carboxylic acids is 3. The molecule has 0 bridgehead atoms. The Kier molecular flexibility index (Phi) is 5.25. The van der Waals surface area contributed by atoms with Crippen molar-refractivity contribution in [1.29, 1.82) is 0 Å². The third-order valence-corrected chi connectivity index (χ3v) is 3.38. The molecule has 0 spiro atoms. The van der Waals surface area contributed by atoms with Gasteiger partial charge in [-0.15, -0.1) is 0 Å². The maximum Gasteiger partial charge on any atom is 0.332 e. The van der Waals surface area contributed by atoms with Crippen LogP contribution in [0, 0.1) is 0 Å². The fourth-order valence-electron chi connectivity index (χ4n) is 1.80. The first kappa shape index (κ1) is 16.9. The van der Waals surface area contributed by atoms with Gasteiger partial charge in [0.25, 0.3) is 5.91 Å². The molecule has 1 aliphatic heterocycles. The number of nitrogens with one attached hydrogen (secondary N) is 2. The number of carbonyl (C=O) groups is 4. The fraction of sp³-hybridized carbons (Fsp3) is 0.667. The Morgan fingerprint density at radius 1 is 1.43 bits per heavy atom. The lowest BCUT2D eigenvalue weighted by Crippen LogP contribution is -2.45. The van der Waals surface area contributed by atoms with Crippen LogP contribution >= 0.6 is 0 Å². The summed E-state index contributed by atoms with van der Waals surface area (Å²) in [6.07, 6.45) is -1.32. The van der Waals surface area contributed by atoms with E-state index in [-0.39, 0.29) is 13.0 Å². The minimum atomic E-state index is -1.56. The van der Waals surface area contributed by atoms with Crippen LogP contribution in [0.25, 0.3) is 0 Å². The lowest BCUT2D eigenvalue weighted by atomic mass is 9.99. The first-order valence-electron chi connectivity index (χ1n) is 6.53. The van der Waals surface area contributed by atoms with Gasteiger partial charge in [-0.1, -0.05) is 6.92 Å². The van der Waals surface area contributed by atoms with E-state index in [0.717, 1.165) is 4.90 Å². The van der Waals surface area contributed by atoms with Crippen LogP contribution in [0.3, 0.4) is 0 Å². The number of urea groups is 1. The third-order valence-electron chi connectivity index (χ3n) is 3.38. The van der Waals surface area contributed by atoms with Crippen molar-refractivity contribution < 1.29 is 29.4 Å². The summed E-state index contributed by atoms with van der Waals surface area (Å²) in [7, 11) is 0. The van der Waals surface area contributed by atoms with Crippen molar-refractivity contribution in [2.24, 2.45) is 0 Å². The van der Waals surface area contributed by atoms with Crippen molar-refractivity contribution in [3.8, 4) is 0 Å². The second kappa shape index (κ2) is 6.53. The lowest BCUT2D eigenvalue weighted by Gasteiger charge is -2.19. The second-order valence-corrected chi connectivity index (χ2v) is 5.00. The zero-order chi connectivity index (χ0) is 16.2. The van der Waals surface area contributed by atoms with E-state index in [0.29, 0.717) is 6.42 Å². The molecule has 9 nitrogen and oxygen atoms in total. The van der Waals surface area contributed by atoms with E-state index >= 15 is 0 Å². The molecule has 2 atom stereocenters. The fourth-order valence-corrected chi connectivity index (χ4v) is 1.80. The van der Waals surface area contributed by atoms with Crippen LogP contribution in [0.4, 0.5) is 4.79 Å². The van der Waals surface area contributed by atoms with Crippen molar-refractivity contribution in [3.63, 3.8) is 0 Å². The molecule has 0 aliphatic carbocycles. The van der Waals surface area contributed by atoms with Crippen molar-refractivity contribution in [1.82, 2.24) is 15.5 Å². The van der Waals surface area contributed by atoms with E-state index in [2.05, 4.69) is 10.6 Å². The first-order valence-corrected chi connectivity index (χ1v) is 6.53. The van der Waals surface area contributed by atoms with Gasteiger partial charge in [0.05, 0.1) is 0 Å². The van der Waals surface area contributed by atoms with Crippen molar-refractivity contribution in [3.05, 3.63) is 0 Å². The average Bonchev–Trinajstić information content (AvgIpc) is 2.63. The monoisotopic (exact) mass is 301 g/mol. The normalized spacial score (nSPS) is 22.9. The smallest absolute Gasteiger partial charge is 0.332 e. The van der Waals surface area contributed by atoms with E-state index < -0.39 is 42.0 Å². The molecule has 21 heavy (non-hydrogen) atoms. The molecule has 0 saturated carbocycles. The van der Waals surface area contributed by atoms with Crippen molar-refractivity contribution >= 4 is 23.8 Å². The second-order valence-electron chi connectivity index (χ2n) is 5.00. The number of aliphatic carboxylic acids is 1. The molecule has 1 unspecified atom stereocenters. The molecule has 0 aromatic carbocycles. The van der Waals surface area contributed by atoms with Gasteiger partial charge in [0, 0.05) is 13.0 Å². The van der Waals surface area contributed by atoms with Gasteiger partial charge in [-0.05, 0) is 13.3 Å². The topological polar surface area (TPSA) is 136 Å². The summed E-state index contributed by atoms with van der Waals surface area (Å²) < 4.78 is 0. The number of amides is 4. The number of rotatable bonds is 7. The molecule has 1 rings (SSSR count). The van der Waals surface area contributed by atoms with Gasteiger partial charge >= 0.3 is 12.0 Å². The van der Waals surface area contributed by atoms with Crippen LogP contribution in [0.15, 0.2) is 0 Å². The largest absolute Gasteiger partial charge is 0.479 e. The van der Waals surface area contributed by atoms with Crippen LogP contribution in [-0.2, 0) is 14.4 Å². The Morgan fingerprint density at radius 3 is 2.52 bits per heavy atom. The molecule has 118 valence electrons. The molecule has 0 radical (unpaired) electrons. The summed E-state index contributed by atoms with van der Waals surface area (Å²) in [5.74, 6) is -2.45. The van der Waals surface area contributed by atoms with E-state index in [1.165, 1.54) is 0 Å². The number of hydrogen-bond donors (Lipinski definition) is 4. The molecule has 4 amide bonds. The highest BCUT2D eigenvalue weighted by atomic mass is 16.4. The van der Waals surface area contributed by atoms with Crippen LogP contribution in [0.2, 0.25) is 0 Å². The first-order chi connectivity index (χ1) is 9.71. The molecule has 0 aromatic rings. The minimum Gasteiger partial charge on any atom is -0.479 e. The van der Waals surface area contributed by atoms with Crippen molar-refractivity contribution in [2.45, 2.75) is 38.3 Å². The Balaban J connectivity index is 2.47. The highest BCUT2D eigenvalue weighted by molar-refractivity contribution is 6.08. The number of hydrogen-bond acceptors (Lipinski definition) is 5. The predicted octanol–water partition coefficient (Wildman–Crippen LogP) is -1.34. The maximum absolute atomic E-state index is 12.0. The summed E-state index contributed by atoms with van der Waals surface area (Å²) in [6.45, 7) is 2.81. The molecule has 9 heteroatoms. The summed E-state index contributed by atoms with van der Waals surface area (Å²) >= 11 is 0. The van der Waals surface area contributed by atoms with Gasteiger partial charge in [0.15, 0.2) is 6.10 Å². The SMILES string of the molecule is CCC1(C)NC(=O)N(CC(=O)NCC[C@H](O)C(=O)O)C1=O.